The first-order valence-electron chi connectivity index (χ1n) is 10.9. The van der Waals surface area contributed by atoms with Gasteiger partial charge in [-0.3, -0.25) is 0 Å². The molecule has 1 saturated heterocycles. The van der Waals surface area contributed by atoms with E-state index in [-0.39, 0.29) is 0 Å². The molecule has 0 saturated carbocycles. The van der Waals surface area contributed by atoms with Crippen LogP contribution in [-0.2, 0) is 6.54 Å². The molecule has 0 amide bonds. The molecule has 1 N–H and O–H groups in total. The second-order valence-electron chi connectivity index (χ2n) is 8.73. The number of imidazole rings is 1. The molecule has 1 aliphatic rings. The average Bonchev–Trinajstić information content (AvgIpc) is 3.34. The van der Waals surface area contributed by atoms with Gasteiger partial charge in [0.2, 0.25) is 0 Å². The Morgan fingerprint density at radius 1 is 1.10 bits per heavy atom. The molecule has 4 aromatic rings. The Bertz CT molecular complexity index is 1130. The molecule has 3 heterocycles. The fourth-order valence-electron chi connectivity index (χ4n) is 4.76. The van der Waals surface area contributed by atoms with Crippen LogP contribution in [0.4, 0.5) is 0 Å². The Morgan fingerprint density at radius 2 is 1.97 bits per heavy atom. The fraction of sp³-hybridized carbons (Fsp3) is 0.400. The Kier molecular flexibility index (Phi) is 4.88. The largest absolute Gasteiger partial charge is 0.347 e. The number of likely N-dealkylation sites (tertiary alicyclic amines) is 1. The number of nitrogens with one attached hydrogen (secondary N) is 1. The summed E-state index contributed by atoms with van der Waals surface area (Å²) in [4.78, 5) is 10.8. The summed E-state index contributed by atoms with van der Waals surface area (Å²) in [5.74, 6) is 1.86. The molecule has 1 aliphatic heterocycles. The molecule has 5 rings (SSSR count). The molecule has 0 bridgehead atoms. The molecule has 2 aromatic heterocycles. The number of piperidine rings is 1. The number of aromatic nitrogens is 3. The van der Waals surface area contributed by atoms with Crippen LogP contribution in [0.3, 0.4) is 0 Å². The molecule has 0 atom stereocenters. The van der Waals surface area contributed by atoms with Gasteiger partial charge in [0.05, 0.1) is 11.0 Å². The first-order valence-corrected chi connectivity index (χ1v) is 10.9. The minimum Gasteiger partial charge on any atom is -0.347 e. The first-order chi connectivity index (χ1) is 14.2. The summed E-state index contributed by atoms with van der Waals surface area (Å²) in [5, 5.41) is 1.29. The highest BCUT2D eigenvalue weighted by Crippen LogP contribution is 2.27. The number of nitrogens with zero attached hydrogens (tertiary/aromatic N) is 3. The number of hydrogen-bond donors (Lipinski definition) is 1. The summed E-state index contributed by atoms with van der Waals surface area (Å²) in [5.41, 5.74) is 5.85. The maximum atomic E-state index is 4.84. The molecule has 29 heavy (non-hydrogen) atoms. The molecule has 0 aliphatic carbocycles. The van der Waals surface area contributed by atoms with Crippen molar-refractivity contribution in [1.29, 1.82) is 0 Å². The highest BCUT2D eigenvalue weighted by molar-refractivity contribution is 5.87. The zero-order valence-electron chi connectivity index (χ0n) is 17.5. The molecule has 4 nitrogen and oxygen atoms in total. The lowest BCUT2D eigenvalue weighted by Gasteiger charge is -2.28. The fourth-order valence-corrected chi connectivity index (χ4v) is 4.76. The maximum absolute atomic E-state index is 4.84. The molecule has 0 spiro atoms. The van der Waals surface area contributed by atoms with Crippen molar-refractivity contribution in [3.8, 4) is 11.4 Å². The lowest BCUT2D eigenvalue weighted by Crippen LogP contribution is -2.30. The molecular formula is C25H30N4. The van der Waals surface area contributed by atoms with Crippen LogP contribution in [0.25, 0.3) is 33.3 Å². The van der Waals surface area contributed by atoms with Crippen molar-refractivity contribution in [3.05, 3.63) is 54.2 Å². The quantitative estimate of drug-likeness (QED) is 0.484. The minimum atomic E-state index is 0.913. The zero-order chi connectivity index (χ0) is 19.8. The van der Waals surface area contributed by atoms with E-state index in [2.05, 4.69) is 77.1 Å². The lowest BCUT2D eigenvalue weighted by atomic mass is 9.92. The van der Waals surface area contributed by atoms with Crippen molar-refractivity contribution in [2.24, 2.45) is 5.92 Å². The molecule has 150 valence electrons. The van der Waals surface area contributed by atoms with E-state index in [9.17, 15) is 0 Å². The van der Waals surface area contributed by atoms with Crippen LogP contribution in [0.15, 0.2) is 48.7 Å². The smallest absolute Gasteiger partial charge is 0.138 e. The van der Waals surface area contributed by atoms with E-state index in [1.54, 1.807) is 0 Å². The highest BCUT2D eigenvalue weighted by Gasteiger charge is 2.16. The number of aryl methyl sites for hydroxylation is 2. The van der Waals surface area contributed by atoms with Crippen LogP contribution in [-0.4, -0.2) is 39.6 Å². The first kappa shape index (κ1) is 18.4. The van der Waals surface area contributed by atoms with Crippen molar-refractivity contribution in [3.63, 3.8) is 0 Å². The molecule has 0 radical (unpaired) electrons. The standard InChI is InChI=1S/C25H30N4/c1-18-5-3-7-22-24(18)27-25(26-22)21-8-9-23-20(17-21)12-16-29(23)13-4-6-19-10-14-28(2)15-11-19/h3,5,7-9,12,16-17,19H,4,6,10-11,13-15H2,1-2H3,(H,26,27). The number of aromatic amines is 1. The molecule has 1 fully saturated rings. The van der Waals surface area contributed by atoms with Crippen LogP contribution in [0.5, 0.6) is 0 Å². The van der Waals surface area contributed by atoms with Crippen LogP contribution >= 0.6 is 0 Å². The van der Waals surface area contributed by atoms with Gasteiger partial charge in [-0.1, -0.05) is 12.1 Å². The Balaban J connectivity index is 1.31. The average molecular weight is 387 g/mol. The van der Waals surface area contributed by atoms with E-state index in [1.165, 1.54) is 55.2 Å². The summed E-state index contributed by atoms with van der Waals surface area (Å²) in [6.07, 6.45) is 7.59. The maximum Gasteiger partial charge on any atom is 0.138 e. The lowest BCUT2D eigenvalue weighted by molar-refractivity contribution is 0.209. The van der Waals surface area contributed by atoms with E-state index < -0.39 is 0 Å². The van der Waals surface area contributed by atoms with Crippen LogP contribution in [0.2, 0.25) is 0 Å². The Hall–Kier alpha value is -2.59. The van der Waals surface area contributed by atoms with Crippen molar-refractivity contribution >= 4 is 21.9 Å². The second kappa shape index (κ2) is 7.68. The number of fused-ring (bicyclic) bond motifs is 2. The van der Waals surface area contributed by atoms with Gasteiger partial charge in [0.15, 0.2) is 0 Å². The monoisotopic (exact) mass is 386 g/mol. The summed E-state index contributed by atoms with van der Waals surface area (Å²) >= 11 is 0. The van der Waals surface area contributed by atoms with E-state index in [0.717, 1.165) is 34.9 Å². The SMILES string of the molecule is Cc1cccc2[nH]c(-c3ccc4c(ccn4CCCC4CCN(C)CC4)c3)nc12. The highest BCUT2D eigenvalue weighted by atomic mass is 15.1. The van der Waals surface area contributed by atoms with Gasteiger partial charge in [-0.25, -0.2) is 4.98 Å². The number of rotatable bonds is 5. The van der Waals surface area contributed by atoms with Crippen LogP contribution in [0, 0.1) is 12.8 Å². The van der Waals surface area contributed by atoms with Crippen molar-refractivity contribution in [1.82, 2.24) is 19.4 Å². The molecule has 4 heteroatoms. The van der Waals surface area contributed by atoms with Crippen molar-refractivity contribution in [2.75, 3.05) is 20.1 Å². The summed E-state index contributed by atoms with van der Waals surface area (Å²) in [6, 6.07) is 15.2. The van der Waals surface area contributed by atoms with Crippen LogP contribution < -0.4 is 0 Å². The number of hydrogen-bond acceptors (Lipinski definition) is 2. The second-order valence-corrected chi connectivity index (χ2v) is 8.73. The van der Waals surface area contributed by atoms with Crippen molar-refractivity contribution < 1.29 is 0 Å². The Morgan fingerprint density at radius 3 is 2.79 bits per heavy atom. The van der Waals surface area contributed by atoms with Crippen LogP contribution in [0.1, 0.15) is 31.2 Å². The number of benzene rings is 2. The van der Waals surface area contributed by atoms with Gasteiger partial charge in [-0.15, -0.1) is 0 Å². The predicted molar refractivity (Wildman–Crippen MR) is 121 cm³/mol. The van der Waals surface area contributed by atoms with E-state index in [0.29, 0.717) is 0 Å². The van der Waals surface area contributed by atoms with Gasteiger partial charge in [0.1, 0.15) is 5.82 Å². The van der Waals surface area contributed by atoms with E-state index in [1.807, 2.05) is 0 Å². The van der Waals surface area contributed by atoms with Gasteiger partial charge in [-0.05, 0) is 94.6 Å². The zero-order valence-corrected chi connectivity index (χ0v) is 17.5. The summed E-state index contributed by atoms with van der Waals surface area (Å²) < 4.78 is 2.41. The predicted octanol–water partition coefficient (Wildman–Crippen LogP) is 5.62. The third-order valence-corrected chi connectivity index (χ3v) is 6.61. The number of H-pyrrole nitrogens is 1. The van der Waals surface area contributed by atoms with Gasteiger partial charge in [0, 0.05) is 29.2 Å². The van der Waals surface area contributed by atoms with E-state index >= 15 is 0 Å². The Labute approximate surface area is 172 Å². The normalized spacial score (nSPS) is 16.2. The molecular weight excluding hydrogens is 356 g/mol. The van der Waals surface area contributed by atoms with E-state index in [4.69, 9.17) is 4.98 Å². The third kappa shape index (κ3) is 3.69. The molecule has 2 aromatic carbocycles. The number of para-hydroxylation sites is 1. The summed E-state index contributed by atoms with van der Waals surface area (Å²) in [6.45, 7) is 5.75. The van der Waals surface area contributed by atoms with Crippen molar-refractivity contribution in [2.45, 2.75) is 39.2 Å². The van der Waals surface area contributed by atoms with Gasteiger partial charge >= 0.3 is 0 Å². The van der Waals surface area contributed by atoms with Gasteiger partial charge in [-0.2, -0.15) is 0 Å². The third-order valence-electron chi connectivity index (χ3n) is 6.61. The van der Waals surface area contributed by atoms with Gasteiger partial charge in [0.25, 0.3) is 0 Å². The summed E-state index contributed by atoms with van der Waals surface area (Å²) in [7, 11) is 2.24. The minimum absolute atomic E-state index is 0.913. The van der Waals surface area contributed by atoms with Gasteiger partial charge < -0.3 is 14.5 Å². The topological polar surface area (TPSA) is 36.9 Å². The molecule has 0 unspecified atom stereocenters.